The molecule has 5 aromatic rings. The Labute approximate surface area is 226 Å². The maximum Gasteiger partial charge on any atom is 0.224 e. The van der Waals surface area contributed by atoms with Gasteiger partial charge in [0, 0.05) is 49.7 Å². The van der Waals surface area contributed by atoms with Gasteiger partial charge in [-0.2, -0.15) is 0 Å². The van der Waals surface area contributed by atoms with Gasteiger partial charge < -0.3 is 10.6 Å². The Hall–Kier alpha value is -4.63. The van der Waals surface area contributed by atoms with Crippen LogP contribution >= 0.6 is 0 Å². The molecule has 0 aliphatic carbocycles. The van der Waals surface area contributed by atoms with Crippen LogP contribution in [0.4, 0.5) is 11.6 Å². The van der Waals surface area contributed by atoms with Gasteiger partial charge in [0.25, 0.3) is 0 Å². The molecule has 39 heavy (non-hydrogen) atoms. The van der Waals surface area contributed by atoms with Gasteiger partial charge in [0.1, 0.15) is 5.82 Å². The molecule has 2 aromatic carbocycles. The Morgan fingerprint density at radius 3 is 2.49 bits per heavy atom. The van der Waals surface area contributed by atoms with Gasteiger partial charge in [-0.3, -0.25) is 19.2 Å². The SMILES string of the molecule is O=C(Cc1cn(-c2ccc(Nc3cnccn3)nn2)c2ccccc12)NC1CCN(Cc2ccccc2)CC1. The molecule has 0 atom stereocenters. The van der Waals surface area contributed by atoms with Crippen molar-refractivity contribution >= 4 is 28.4 Å². The lowest BCUT2D eigenvalue weighted by Crippen LogP contribution is -2.44. The van der Waals surface area contributed by atoms with Gasteiger partial charge in [0.15, 0.2) is 11.6 Å². The molecule has 0 radical (unpaired) electrons. The summed E-state index contributed by atoms with van der Waals surface area (Å²) in [5.74, 6) is 1.90. The predicted molar refractivity (Wildman–Crippen MR) is 151 cm³/mol. The van der Waals surface area contributed by atoms with E-state index < -0.39 is 0 Å². The van der Waals surface area contributed by atoms with Crippen molar-refractivity contribution in [1.29, 1.82) is 0 Å². The normalized spacial score (nSPS) is 14.4. The van der Waals surface area contributed by atoms with Crippen LogP contribution in [0.25, 0.3) is 16.7 Å². The van der Waals surface area contributed by atoms with Crippen LogP contribution in [0.15, 0.2) is 91.5 Å². The number of likely N-dealkylation sites (tertiary alicyclic amines) is 1. The van der Waals surface area contributed by atoms with Crippen LogP contribution in [-0.4, -0.2) is 54.7 Å². The van der Waals surface area contributed by atoms with Gasteiger partial charge in [0.05, 0.1) is 18.1 Å². The summed E-state index contributed by atoms with van der Waals surface area (Å²) in [5.41, 5.74) is 3.28. The second-order valence-electron chi connectivity index (χ2n) is 9.81. The van der Waals surface area contributed by atoms with Crippen molar-refractivity contribution < 1.29 is 4.79 Å². The van der Waals surface area contributed by atoms with E-state index >= 15 is 0 Å². The van der Waals surface area contributed by atoms with Gasteiger partial charge in [-0.25, -0.2) is 4.98 Å². The smallest absolute Gasteiger partial charge is 0.224 e. The summed E-state index contributed by atoms with van der Waals surface area (Å²) in [5, 5.41) is 16.1. The summed E-state index contributed by atoms with van der Waals surface area (Å²) in [6.45, 7) is 2.93. The summed E-state index contributed by atoms with van der Waals surface area (Å²) in [6.07, 6.45) is 9.09. The lowest BCUT2D eigenvalue weighted by Gasteiger charge is -2.32. The zero-order valence-electron chi connectivity index (χ0n) is 21.6. The van der Waals surface area contributed by atoms with E-state index in [9.17, 15) is 4.79 Å². The molecule has 2 N–H and O–H groups in total. The monoisotopic (exact) mass is 518 g/mol. The minimum absolute atomic E-state index is 0.0500. The van der Waals surface area contributed by atoms with Crippen LogP contribution in [0.5, 0.6) is 0 Å². The fourth-order valence-corrected chi connectivity index (χ4v) is 5.12. The number of aromatic nitrogens is 5. The molecule has 1 aliphatic rings. The summed E-state index contributed by atoms with van der Waals surface area (Å²) in [6, 6.07) is 22.6. The average Bonchev–Trinajstić information content (AvgIpc) is 3.34. The number of hydrogen-bond acceptors (Lipinski definition) is 7. The van der Waals surface area contributed by atoms with Crippen LogP contribution < -0.4 is 10.6 Å². The highest BCUT2D eigenvalue weighted by Gasteiger charge is 2.22. The summed E-state index contributed by atoms with van der Waals surface area (Å²) < 4.78 is 1.99. The van der Waals surface area contributed by atoms with E-state index in [1.54, 1.807) is 18.6 Å². The van der Waals surface area contributed by atoms with Crippen molar-refractivity contribution in [1.82, 2.24) is 34.9 Å². The molecule has 1 fully saturated rings. The molecule has 1 amide bonds. The highest BCUT2D eigenvalue weighted by atomic mass is 16.1. The molecule has 3 aromatic heterocycles. The molecule has 6 rings (SSSR count). The molecule has 0 unspecified atom stereocenters. The second kappa shape index (κ2) is 11.4. The number of fused-ring (bicyclic) bond motifs is 1. The van der Waals surface area contributed by atoms with E-state index in [0.29, 0.717) is 23.9 Å². The zero-order valence-corrected chi connectivity index (χ0v) is 21.6. The first-order chi connectivity index (χ1) is 19.2. The van der Waals surface area contributed by atoms with E-state index in [1.165, 1.54) is 5.56 Å². The highest BCUT2D eigenvalue weighted by molar-refractivity contribution is 5.90. The number of piperidine rings is 1. The third-order valence-corrected chi connectivity index (χ3v) is 7.06. The number of nitrogens with zero attached hydrogens (tertiary/aromatic N) is 6. The Morgan fingerprint density at radius 1 is 0.897 bits per heavy atom. The number of benzene rings is 2. The molecule has 1 aliphatic heterocycles. The lowest BCUT2D eigenvalue weighted by atomic mass is 10.0. The average molecular weight is 519 g/mol. The number of rotatable bonds is 8. The number of para-hydroxylation sites is 1. The van der Waals surface area contributed by atoms with Gasteiger partial charge in [-0.15, -0.1) is 10.2 Å². The molecule has 0 spiro atoms. The largest absolute Gasteiger partial charge is 0.353 e. The van der Waals surface area contributed by atoms with Crippen molar-refractivity contribution in [3.05, 3.63) is 103 Å². The highest BCUT2D eigenvalue weighted by Crippen LogP contribution is 2.25. The van der Waals surface area contributed by atoms with E-state index in [1.807, 2.05) is 53.2 Å². The second-order valence-corrected chi connectivity index (χ2v) is 9.81. The third kappa shape index (κ3) is 5.94. The van der Waals surface area contributed by atoms with Gasteiger partial charge in [-0.1, -0.05) is 48.5 Å². The van der Waals surface area contributed by atoms with E-state index in [-0.39, 0.29) is 11.9 Å². The number of anilines is 2. The molecule has 1 saturated heterocycles. The zero-order chi connectivity index (χ0) is 26.4. The Morgan fingerprint density at radius 2 is 1.72 bits per heavy atom. The van der Waals surface area contributed by atoms with E-state index in [0.717, 1.165) is 48.9 Å². The van der Waals surface area contributed by atoms with Crippen molar-refractivity contribution in [2.75, 3.05) is 18.4 Å². The van der Waals surface area contributed by atoms with Gasteiger partial charge in [-0.05, 0) is 42.2 Å². The summed E-state index contributed by atoms with van der Waals surface area (Å²) >= 11 is 0. The summed E-state index contributed by atoms with van der Waals surface area (Å²) in [4.78, 5) is 23.8. The van der Waals surface area contributed by atoms with Crippen LogP contribution in [-0.2, 0) is 17.8 Å². The molecule has 4 heterocycles. The molecule has 0 saturated carbocycles. The Balaban J connectivity index is 1.10. The quantitative estimate of drug-likeness (QED) is 0.316. The first-order valence-corrected chi connectivity index (χ1v) is 13.2. The Bertz CT molecular complexity index is 1530. The van der Waals surface area contributed by atoms with Crippen LogP contribution in [0, 0.1) is 0 Å². The maximum atomic E-state index is 13.1. The van der Waals surface area contributed by atoms with Crippen molar-refractivity contribution in [2.24, 2.45) is 0 Å². The molecule has 9 nitrogen and oxygen atoms in total. The van der Waals surface area contributed by atoms with Crippen LogP contribution in [0.2, 0.25) is 0 Å². The Kier molecular flexibility index (Phi) is 7.22. The van der Waals surface area contributed by atoms with Crippen molar-refractivity contribution in [3.8, 4) is 5.82 Å². The third-order valence-electron chi connectivity index (χ3n) is 7.06. The first-order valence-electron chi connectivity index (χ1n) is 13.2. The fraction of sp³-hybridized carbons (Fsp3) is 0.233. The molecule has 9 heteroatoms. The first kappa shape index (κ1) is 24.7. The van der Waals surface area contributed by atoms with Gasteiger partial charge in [0.2, 0.25) is 5.91 Å². The number of amides is 1. The van der Waals surface area contributed by atoms with Crippen molar-refractivity contribution in [3.63, 3.8) is 0 Å². The topological polar surface area (TPSA) is 101 Å². The number of hydrogen-bond donors (Lipinski definition) is 2. The number of nitrogens with one attached hydrogen (secondary N) is 2. The molecule has 196 valence electrons. The van der Waals surface area contributed by atoms with Crippen molar-refractivity contribution in [2.45, 2.75) is 31.8 Å². The summed E-state index contributed by atoms with van der Waals surface area (Å²) in [7, 11) is 0. The number of carbonyl (C=O) groups excluding carboxylic acids is 1. The maximum absolute atomic E-state index is 13.1. The minimum atomic E-state index is 0.0500. The van der Waals surface area contributed by atoms with Crippen LogP contribution in [0.3, 0.4) is 0 Å². The molecule has 0 bridgehead atoms. The molecular weight excluding hydrogens is 488 g/mol. The minimum Gasteiger partial charge on any atom is -0.353 e. The lowest BCUT2D eigenvalue weighted by molar-refractivity contribution is -0.121. The standard InChI is InChI=1S/C30H30N8O/c39-30(33-24-12-16-37(17-13-24)20-22-6-2-1-3-7-22)18-23-21-38(26-9-5-4-8-25(23)26)29-11-10-27(35-36-29)34-28-19-31-14-15-32-28/h1-11,14-15,19,21,24H,12-13,16-18,20H2,(H,33,39)(H,32,34,35). The van der Waals surface area contributed by atoms with E-state index in [4.69, 9.17) is 0 Å². The predicted octanol–water partition coefficient (Wildman–Crippen LogP) is 4.28. The van der Waals surface area contributed by atoms with E-state index in [2.05, 4.69) is 60.0 Å². The fourth-order valence-electron chi connectivity index (χ4n) is 5.12. The molecular formula is C30H30N8O. The number of carbonyl (C=O) groups is 1. The van der Waals surface area contributed by atoms with Gasteiger partial charge >= 0.3 is 0 Å². The van der Waals surface area contributed by atoms with Crippen LogP contribution in [0.1, 0.15) is 24.0 Å².